The molecule has 41 heavy (non-hydrogen) atoms. The molecule has 6 aromatic carbocycles. The molecule has 0 unspecified atom stereocenters. The lowest BCUT2D eigenvalue weighted by atomic mass is 9.93. The quantitative estimate of drug-likeness (QED) is 0.230. The minimum atomic E-state index is 0.626. The van der Waals surface area contributed by atoms with Crippen LogP contribution in [0.4, 0.5) is 0 Å². The van der Waals surface area contributed by atoms with Gasteiger partial charge >= 0.3 is 0 Å². The summed E-state index contributed by atoms with van der Waals surface area (Å²) in [5.74, 6) is 0.626. The van der Waals surface area contributed by atoms with Gasteiger partial charge in [-0.15, -0.1) is 0 Å². The van der Waals surface area contributed by atoms with Gasteiger partial charge in [0.25, 0.3) is 0 Å². The van der Waals surface area contributed by atoms with Crippen LogP contribution >= 0.6 is 0 Å². The Bertz CT molecular complexity index is 2170. The number of hydrogen-bond donors (Lipinski definition) is 0. The van der Waals surface area contributed by atoms with Crippen LogP contribution in [0.25, 0.3) is 78.0 Å². The van der Waals surface area contributed by atoms with Gasteiger partial charge < -0.3 is 4.42 Å². The SMILES string of the molecule is c1ccc(-c2nc3ccccc3nc2-c2cccc3c(-c4ccc(-c5nc6ccccc6o5)cc4)cccc23)cc1. The Labute approximate surface area is 236 Å². The molecule has 0 aliphatic rings. The van der Waals surface area contributed by atoms with Gasteiger partial charge in [-0.2, -0.15) is 0 Å². The summed E-state index contributed by atoms with van der Waals surface area (Å²) in [4.78, 5) is 14.9. The molecule has 8 rings (SSSR count). The second-order valence-corrected chi connectivity index (χ2v) is 10.0. The van der Waals surface area contributed by atoms with Crippen LogP contribution in [0.15, 0.2) is 144 Å². The van der Waals surface area contributed by atoms with Crippen molar-refractivity contribution in [1.82, 2.24) is 15.0 Å². The molecule has 0 aliphatic carbocycles. The van der Waals surface area contributed by atoms with E-state index < -0.39 is 0 Å². The Balaban J connectivity index is 1.27. The zero-order valence-corrected chi connectivity index (χ0v) is 22.0. The number of aromatic nitrogens is 3. The largest absolute Gasteiger partial charge is 0.436 e. The fourth-order valence-corrected chi connectivity index (χ4v) is 5.54. The minimum absolute atomic E-state index is 0.626. The van der Waals surface area contributed by atoms with Crippen LogP contribution in [-0.4, -0.2) is 15.0 Å². The van der Waals surface area contributed by atoms with Crippen LogP contribution in [0, 0.1) is 0 Å². The maximum atomic E-state index is 5.99. The first-order valence-electron chi connectivity index (χ1n) is 13.6. The molecular formula is C37H23N3O. The predicted molar refractivity (Wildman–Crippen MR) is 166 cm³/mol. The van der Waals surface area contributed by atoms with E-state index in [9.17, 15) is 0 Å². The van der Waals surface area contributed by atoms with E-state index >= 15 is 0 Å². The monoisotopic (exact) mass is 525 g/mol. The van der Waals surface area contributed by atoms with Crippen molar-refractivity contribution < 1.29 is 4.42 Å². The van der Waals surface area contributed by atoms with E-state index in [2.05, 4.69) is 77.8 Å². The number of oxazole rings is 1. The third-order valence-corrected chi connectivity index (χ3v) is 7.53. The lowest BCUT2D eigenvalue weighted by molar-refractivity contribution is 0.620. The van der Waals surface area contributed by atoms with Crippen molar-refractivity contribution in [1.29, 1.82) is 0 Å². The van der Waals surface area contributed by atoms with Gasteiger partial charge in [0.05, 0.1) is 22.4 Å². The zero-order valence-electron chi connectivity index (χ0n) is 22.0. The van der Waals surface area contributed by atoms with Crippen molar-refractivity contribution in [3.8, 4) is 45.1 Å². The molecule has 0 saturated heterocycles. The van der Waals surface area contributed by atoms with Gasteiger partial charge in [-0.1, -0.05) is 103 Å². The van der Waals surface area contributed by atoms with Crippen LogP contribution in [0.5, 0.6) is 0 Å². The van der Waals surface area contributed by atoms with Gasteiger partial charge in [0, 0.05) is 16.7 Å². The summed E-state index contributed by atoms with van der Waals surface area (Å²) in [6.07, 6.45) is 0. The van der Waals surface area contributed by atoms with Crippen LogP contribution in [0.3, 0.4) is 0 Å². The Hall–Kier alpha value is -5.61. The minimum Gasteiger partial charge on any atom is -0.436 e. The smallest absolute Gasteiger partial charge is 0.227 e. The van der Waals surface area contributed by atoms with E-state index in [1.165, 1.54) is 0 Å². The molecule has 0 amide bonds. The van der Waals surface area contributed by atoms with Crippen molar-refractivity contribution in [3.63, 3.8) is 0 Å². The molecule has 4 heteroatoms. The lowest BCUT2D eigenvalue weighted by Crippen LogP contribution is -1.96. The molecule has 192 valence electrons. The highest BCUT2D eigenvalue weighted by Crippen LogP contribution is 2.38. The summed E-state index contributed by atoms with van der Waals surface area (Å²) in [5.41, 5.74) is 10.5. The molecule has 0 saturated carbocycles. The van der Waals surface area contributed by atoms with Crippen molar-refractivity contribution in [2.45, 2.75) is 0 Å². The lowest BCUT2D eigenvalue weighted by Gasteiger charge is -2.14. The maximum Gasteiger partial charge on any atom is 0.227 e. The molecule has 0 radical (unpaired) electrons. The highest BCUT2D eigenvalue weighted by Gasteiger charge is 2.17. The summed E-state index contributed by atoms with van der Waals surface area (Å²) in [7, 11) is 0. The molecule has 4 nitrogen and oxygen atoms in total. The molecule has 0 bridgehead atoms. The van der Waals surface area contributed by atoms with Crippen LogP contribution in [-0.2, 0) is 0 Å². The Morgan fingerprint density at radius 2 is 0.951 bits per heavy atom. The average molecular weight is 526 g/mol. The molecule has 2 aromatic heterocycles. The predicted octanol–water partition coefficient (Wildman–Crippen LogP) is 9.59. The van der Waals surface area contributed by atoms with Crippen LogP contribution in [0.2, 0.25) is 0 Å². The molecule has 0 aliphatic heterocycles. The van der Waals surface area contributed by atoms with Gasteiger partial charge in [0.15, 0.2) is 5.58 Å². The van der Waals surface area contributed by atoms with E-state index in [1.807, 2.05) is 66.7 Å². The van der Waals surface area contributed by atoms with E-state index in [1.54, 1.807) is 0 Å². The third kappa shape index (κ3) is 4.05. The van der Waals surface area contributed by atoms with Gasteiger partial charge in [0.1, 0.15) is 5.52 Å². The molecule has 0 spiro atoms. The number of rotatable bonds is 4. The zero-order chi connectivity index (χ0) is 27.2. The van der Waals surface area contributed by atoms with Crippen molar-refractivity contribution in [3.05, 3.63) is 140 Å². The Kier molecular flexibility index (Phi) is 5.42. The molecular weight excluding hydrogens is 502 g/mol. The summed E-state index contributed by atoms with van der Waals surface area (Å²) >= 11 is 0. The number of nitrogens with zero attached hydrogens (tertiary/aromatic N) is 3. The van der Waals surface area contributed by atoms with Gasteiger partial charge in [-0.25, -0.2) is 15.0 Å². The van der Waals surface area contributed by atoms with Crippen molar-refractivity contribution in [2.75, 3.05) is 0 Å². The first-order valence-corrected chi connectivity index (χ1v) is 13.6. The summed E-state index contributed by atoms with van der Waals surface area (Å²) in [5, 5.41) is 2.29. The van der Waals surface area contributed by atoms with E-state index in [4.69, 9.17) is 14.4 Å². The average Bonchev–Trinajstić information content (AvgIpc) is 3.49. The highest BCUT2D eigenvalue weighted by atomic mass is 16.3. The molecule has 0 atom stereocenters. The van der Waals surface area contributed by atoms with Gasteiger partial charge in [-0.3, -0.25) is 0 Å². The third-order valence-electron chi connectivity index (χ3n) is 7.53. The van der Waals surface area contributed by atoms with Gasteiger partial charge in [0.2, 0.25) is 5.89 Å². The summed E-state index contributed by atoms with van der Waals surface area (Å²) in [6, 6.07) is 47.5. The van der Waals surface area contributed by atoms with Gasteiger partial charge in [-0.05, 0) is 58.3 Å². The van der Waals surface area contributed by atoms with Crippen molar-refractivity contribution in [2.24, 2.45) is 0 Å². The maximum absolute atomic E-state index is 5.99. The fourth-order valence-electron chi connectivity index (χ4n) is 5.54. The normalized spacial score (nSPS) is 11.4. The first-order chi connectivity index (χ1) is 20.3. The number of benzene rings is 6. The molecule has 0 fully saturated rings. The van der Waals surface area contributed by atoms with Crippen molar-refractivity contribution >= 4 is 32.9 Å². The van der Waals surface area contributed by atoms with E-state index in [0.29, 0.717) is 5.89 Å². The Morgan fingerprint density at radius 3 is 1.68 bits per heavy atom. The topological polar surface area (TPSA) is 51.8 Å². The van der Waals surface area contributed by atoms with E-state index in [0.717, 1.165) is 72.1 Å². The van der Waals surface area contributed by atoms with E-state index in [-0.39, 0.29) is 0 Å². The second kappa shape index (κ2) is 9.54. The molecule has 2 heterocycles. The highest BCUT2D eigenvalue weighted by molar-refractivity contribution is 6.06. The number of fused-ring (bicyclic) bond motifs is 3. The molecule has 8 aromatic rings. The summed E-state index contributed by atoms with van der Waals surface area (Å²) in [6.45, 7) is 0. The standard InChI is InChI=1S/C37H23N3O/c1-2-10-25(11-3-1)35-36(39-32-17-5-4-16-31(32)38-35)30-15-9-13-28-27(12-8-14-29(28)30)24-20-22-26(23-21-24)37-40-33-18-6-7-19-34(33)41-37/h1-23H. The number of para-hydroxylation sites is 4. The Morgan fingerprint density at radius 1 is 0.366 bits per heavy atom. The number of hydrogen-bond acceptors (Lipinski definition) is 4. The van der Waals surface area contributed by atoms with Crippen LogP contribution < -0.4 is 0 Å². The van der Waals surface area contributed by atoms with Crippen LogP contribution in [0.1, 0.15) is 0 Å². The first kappa shape index (κ1) is 23.3. The molecule has 0 N–H and O–H groups in total. The summed E-state index contributed by atoms with van der Waals surface area (Å²) < 4.78 is 5.99. The fraction of sp³-hybridized carbons (Fsp3) is 0. The second-order valence-electron chi connectivity index (χ2n) is 10.0.